The van der Waals surface area contributed by atoms with Crippen LogP contribution in [0.25, 0.3) is 0 Å². The Morgan fingerprint density at radius 3 is 2.23 bits per heavy atom. The van der Waals surface area contributed by atoms with Crippen LogP contribution in [0.4, 0.5) is 0 Å². The lowest BCUT2D eigenvalue weighted by Crippen LogP contribution is -2.21. The molecular weight excluding hydrogens is 176 g/mol. The molecule has 0 aliphatic heterocycles. The Bertz CT molecular complexity index is 306. The maximum Gasteiger partial charge on any atom is 0.450 e. The highest BCUT2D eigenvalue weighted by atomic mass is 17.1. The van der Waals surface area contributed by atoms with Gasteiger partial charge in [-0.3, -0.25) is 4.89 Å². The van der Waals surface area contributed by atoms with E-state index < -0.39 is 11.9 Å². The van der Waals surface area contributed by atoms with Crippen LogP contribution in [0.2, 0.25) is 0 Å². The molecule has 5 heteroatoms. The fraction of sp³-hybridized carbons (Fsp3) is 0. The van der Waals surface area contributed by atoms with Crippen LogP contribution in [0.15, 0.2) is 30.3 Å². The number of para-hydroxylation sites is 1. The topological polar surface area (TPSA) is 72.8 Å². The van der Waals surface area contributed by atoms with Crippen molar-refractivity contribution in [1.82, 2.24) is 0 Å². The molecule has 0 radical (unpaired) electrons. The lowest BCUT2D eigenvalue weighted by molar-refractivity contribution is -0.235. The second-order valence-corrected chi connectivity index (χ2v) is 2.08. The van der Waals surface area contributed by atoms with E-state index in [1.165, 1.54) is 12.1 Å². The van der Waals surface area contributed by atoms with Gasteiger partial charge in [-0.1, -0.05) is 18.2 Å². The summed E-state index contributed by atoms with van der Waals surface area (Å²) >= 11 is 0. The molecule has 5 nitrogen and oxygen atoms in total. The summed E-state index contributed by atoms with van der Waals surface area (Å²) < 4.78 is 4.49. The number of hydrogen-bond acceptors (Lipinski definition) is 5. The summed E-state index contributed by atoms with van der Waals surface area (Å²) in [5.41, 5.74) is 0. The first-order valence-electron chi connectivity index (χ1n) is 3.36. The standard InChI is InChI=1S/C8H6O5/c9-7(8(10)13-11)12-6-4-2-1-3-5-6/h1-5,11H. The molecule has 0 aromatic heterocycles. The van der Waals surface area contributed by atoms with Gasteiger partial charge in [0, 0.05) is 0 Å². The zero-order valence-corrected chi connectivity index (χ0v) is 6.47. The van der Waals surface area contributed by atoms with Crippen molar-refractivity contribution in [3.05, 3.63) is 30.3 Å². The number of carbonyl (C=O) groups is 2. The first-order valence-corrected chi connectivity index (χ1v) is 3.36. The van der Waals surface area contributed by atoms with Crippen molar-refractivity contribution < 1.29 is 24.5 Å². The Kier molecular flexibility index (Phi) is 2.99. The second kappa shape index (κ2) is 4.22. The molecule has 68 valence electrons. The normalized spacial score (nSPS) is 9.00. The minimum Gasteiger partial charge on any atom is -0.418 e. The van der Waals surface area contributed by atoms with E-state index in [1.54, 1.807) is 18.2 Å². The summed E-state index contributed by atoms with van der Waals surface area (Å²) in [5.74, 6) is -2.52. The van der Waals surface area contributed by atoms with Gasteiger partial charge < -0.3 is 4.74 Å². The van der Waals surface area contributed by atoms with E-state index in [1.807, 2.05) is 0 Å². The fourth-order valence-corrected chi connectivity index (χ4v) is 0.675. The average Bonchev–Trinajstić information content (AvgIpc) is 2.18. The maximum atomic E-state index is 10.7. The minimum absolute atomic E-state index is 0.206. The highest BCUT2D eigenvalue weighted by Gasteiger charge is 2.17. The van der Waals surface area contributed by atoms with Gasteiger partial charge in [-0.25, -0.2) is 9.59 Å². The quantitative estimate of drug-likeness (QED) is 0.226. The van der Waals surface area contributed by atoms with Gasteiger partial charge in [-0.15, -0.1) is 0 Å². The molecule has 0 saturated heterocycles. The Hall–Kier alpha value is -1.88. The molecule has 0 saturated carbocycles. The second-order valence-electron chi connectivity index (χ2n) is 2.08. The lowest BCUT2D eigenvalue weighted by atomic mass is 10.3. The number of rotatable bonds is 1. The number of carbonyl (C=O) groups excluding carboxylic acids is 2. The van der Waals surface area contributed by atoms with Gasteiger partial charge >= 0.3 is 11.9 Å². The lowest BCUT2D eigenvalue weighted by Gasteiger charge is -1.99. The third kappa shape index (κ3) is 2.57. The van der Waals surface area contributed by atoms with E-state index in [4.69, 9.17) is 5.26 Å². The van der Waals surface area contributed by atoms with E-state index in [9.17, 15) is 9.59 Å². The van der Waals surface area contributed by atoms with Gasteiger partial charge in [0.15, 0.2) is 0 Å². The van der Waals surface area contributed by atoms with Crippen molar-refractivity contribution >= 4 is 11.9 Å². The van der Waals surface area contributed by atoms with Crippen molar-refractivity contribution in [3.8, 4) is 5.75 Å². The molecule has 0 fully saturated rings. The summed E-state index contributed by atoms with van der Waals surface area (Å²) in [7, 11) is 0. The summed E-state index contributed by atoms with van der Waals surface area (Å²) in [6, 6.07) is 7.96. The molecule has 0 aliphatic carbocycles. The van der Waals surface area contributed by atoms with E-state index in [0.29, 0.717) is 0 Å². The van der Waals surface area contributed by atoms with E-state index >= 15 is 0 Å². The molecule has 0 heterocycles. The van der Waals surface area contributed by atoms with Crippen molar-refractivity contribution in [2.75, 3.05) is 0 Å². The zero-order chi connectivity index (χ0) is 9.68. The smallest absolute Gasteiger partial charge is 0.418 e. The Labute approximate surface area is 73.4 Å². The SMILES string of the molecule is O=C(OO)C(=O)Oc1ccccc1. The van der Waals surface area contributed by atoms with Crippen molar-refractivity contribution in [2.45, 2.75) is 0 Å². The largest absolute Gasteiger partial charge is 0.450 e. The van der Waals surface area contributed by atoms with Gasteiger partial charge in [0.2, 0.25) is 0 Å². The van der Waals surface area contributed by atoms with Crippen LogP contribution in [0, 0.1) is 0 Å². The Morgan fingerprint density at radius 2 is 1.69 bits per heavy atom. The van der Waals surface area contributed by atoms with Gasteiger partial charge in [0.1, 0.15) is 5.75 Å². The van der Waals surface area contributed by atoms with Crippen LogP contribution < -0.4 is 4.74 Å². The van der Waals surface area contributed by atoms with Gasteiger partial charge in [0.25, 0.3) is 0 Å². The van der Waals surface area contributed by atoms with Gasteiger partial charge in [-0.05, 0) is 12.1 Å². The summed E-state index contributed by atoms with van der Waals surface area (Å²) in [6.45, 7) is 0. The van der Waals surface area contributed by atoms with Gasteiger partial charge in [0.05, 0.1) is 0 Å². The molecule has 1 N–H and O–H groups in total. The van der Waals surface area contributed by atoms with Crippen molar-refractivity contribution in [1.29, 1.82) is 0 Å². The number of hydrogen-bond donors (Lipinski definition) is 1. The Balaban J connectivity index is 2.60. The first-order chi connectivity index (χ1) is 6.24. The monoisotopic (exact) mass is 182 g/mol. The number of esters is 1. The molecule has 0 spiro atoms. The summed E-state index contributed by atoms with van der Waals surface area (Å²) in [6.07, 6.45) is 0. The minimum atomic E-state index is -1.45. The van der Waals surface area contributed by atoms with Crippen LogP contribution in [0.5, 0.6) is 5.75 Å². The molecule has 1 aromatic carbocycles. The van der Waals surface area contributed by atoms with Crippen LogP contribution in [0.3, 0.4) is 0 Å². The molecular formula is C8H6O5. The fourth-order valence-electron chi connectivity index (χ4n) is 0.675. The third-order valence-electron chi connectivity index (χ3n) is 1.20. The predicted molar refractivity (Wildman–Crippen MR) is 40.8 cm³/mol. The Morgan fingerprint density at radius 1 is 1.08 bits per heavy atom. The molecule has 0 bridgehead atoms. The molecule has 1 aromatic rings. The number of benzene rings is 1. The predicted octanol–water partition coefficient (Wildman–Crippen LogP) is 0.608. The molecule has 0 aliphatic rings. The molecule has 0 unspecified atom stereocenters. The van der Waals surface area contributed by atoms with Crippen molar-refractivity contribution in [3.63, 3.8) is 0 Å². The summed E-state index contributed by atoms with van der Waals surface area (Å²) in [5, 5.41) is 7.83. The highest BCUT2D eigenvalue weighted by molar-refractivity contribution is 6.30. The number of ether oxygens (including phenoxy) is 1. The molecule has 0 atom stereocenters. The first kappa shape index (κ1) is 9.21. The van der Waals surface area contributed by atoms with E-state index in [2.05, 4.69) is 9.62 Å². The highest BCUT2D eigenvalue weighted by Crippen LogP contribution is 2.08. The maximum absolute atomic E-state index is 10.7. The van der Waals surface area contributed by atoms with Crippen molar-refractivity contribution in [2.24, 2.45) is 0 Å². The van der Waals surface area contributed by atoms with E-state index in [0.717, 1.165) is 0 Å². The van der Waals surface area contributed by atoms with Crippen LogP contribution in [-0.4, -0.2) is 17.2 Å². The third-order valence-corrected chi connectivity index (χ3v) is 1.20. The molecule has 0 amide bonds. The van der Waals surface area contributed by atoms with Crippen LogP contribution >= 0.6 is 0 Å². The van der Waals surface area contributed by atoms with Crippen LogP contribution in [-0.2, 0) is 14.5 Å². The van der Waals surface area contributed by atoms with Gasteiger partial charge in [-0.2, -0.15) is 5.26 Å². The molecule has 13 heavy (non-hydrogen) atoms. The van der Waals surface area contributed by atoms with Crippen LogP contribution in [0.1, 0.15) is 0 Å². The molecule has 1 rings (SSSR count). The van der Waals surface area contributed by atoms with E-state index in [-0.39, 0.29) is 5.75 Å². The zero-order valence-electron chi connectivity index (χ0n) is 6.47. The summed E-state index contributed by atoms with van der Waals surface area (Å²) in [4.78, 5) is 24.2. The average molecular weight is 182 g/mol.